The van der Waals surface area contributed by atoms with Crippen molar-refractivity contribution in [3.05, 3.63) is 48.0 Å². The molecule has 0 aliphatic rings. The molecule has 0 spiro atoms. The lowest BCUT2D eigenvalue weighted by molar-refractivity contribution is 0.558. The van der Waals surface area contributed by atoms with Crippen LogP contribution in [0.25, 0.3) is 0 Å². The number of hydrogen-bond acceptors (Lipinski definition) is 1. The first kappa shape index (κ1) is 13.0. The molecule has 0 amide bonds. The van der Waals surface area contributed by atoms with Crippen molar-refractivity contribution in [1.29, 1.82) is 0 Å². The van der Waals surface area contributed by atoms with E-state index in [2.05, 4.69) is 50.0 Å². The van der Waals surface area contributed by atoms with E-state index in [0.29, 0.717) is 6.04 Å². The summed E-state index contributed by atoms with van der Waals surface area (Å²) in [4.78, 5) is 0. The van der Waals surface area contributed by atoms with Gasteiger partial charge in [-0.05, 0) is 30.5 Å². The highest BCUT2D eigenvalue weighted by molar-refractivity contribution is 5.26. The minimum absolute atomic E-state index is 0.416. The van der Waals surface area contributed by atoms with Crippen LogP contribution in [0.5, 0.6) is 0 Å². The molecule has 1 aromatic carbocycles. The molecule has 0 aliphatic heterocycles. The van der Waals surface area contributed by atoms with Gasteiger partial charge in [-0.2, -0.15) is 0 Å². The van der Waals surface area contributed by atoms with Crippen molar-refractivity contribution < 1.29 is 0 Å². The van der Waals surface area contributed by atoms with Crippen LogP contribution in [0.3, 0.4) is 0 Å². The predicted octanol–water partition coefficient (Wildman–Crippen LogP) is 3.87. The Morgan fingerprint density at radius 2 is 2.19 bits per heavy atom. The number of hydrogen-bond donors (Lipinski definition) is 1. The zero-order chi connectivity index (χ0) is 11.8. The molecule has 1 rings (SSSR count). The van der Waals surface area contributed by atoms with Crippen LogP contribution in [0, 0.1) is 0 Å². The van der Waals surface area contributed by atoms with Crippen molar-refractivity contribution in [2.24, 2.45) is 0 Å². The number of aryl methyl sites for hydroxylation is 1. The van der Waals surface area contributed by atoms with Crippen LogP contribution in [0.4, 0.5) is 0 Å². The number of rotatable bonds is 7. The Kier molecular flexibility index (Phi) is 5.87. The van der Waals surface area contributed by atoms with Gasteiger partial charge in [-0.1, -0.05) is 50.6 Å². The quantitative estimate of drug-likeness (QED) is 0.684. The molecule has 1 unspecified atom stereocenters. The summed E-state index contributed by atoms with van der Waals surface area (Å²) in [5.41, 5.74) is 2.82. The third kappa shape index (κ3) is 3.82. The lowest BCUT2D eigenvalue weighted by Gasteiger charge is -2.17. The normalized spacial score (nSPS) is 12.4. The van der Waals surface area contributed by atoms with E-state index in [9.17, 15) is 0 Å². The van der Waals surface area contributed by atoms with Crippen LogP contribution in [-0.2, 0) is 6.42 Å². The van der Waals surface area contributed by atoms with E-state index in [1.165, 1.54) is 24.0 Å². The van der Waals surface area contributed by atoms with E-state index >= 15 is 0 Å². The Bertz CT molecular complexity index is 317. The second-order valence-electron chi connectivity index (χ2n) is 4.13. The molecule has 0 bridgehead atoms. The van der Waals surface area contributed by atoms with E-state index < -0.39 is 0 Å². The van der Waals surface area contributed by atoms with Gasteiger partial charge in [0, 0.05) is 6.04 Å². The molecule has 0 fully saturated rings. The summed E-state index contributed by atoms with van der Waals surface area (Å²) in [6.07, 6.45) is 5.35. The molecule has 0 radical (unpaired) electrons. The van der Waals surface area contributed by atoms with Crippen LogP contribution < -0.4 is 5.32 Å². The average Bonchev–Trinajstić information content (AvgIpc) is 2.30. The van der Waals surface area contributed by atoms with Gasteiger partial charge in [0.1, 0.15) is 0 Å². The summed E-state index contributed by atoms with van der Waals surface area (Å²) >= 11 is 0. The molecule has 0 saturated heterocycles. The zero-order valence-corrected chi connectivity index (χ0v) is 10.5. The van der Waals surface area contributed by atoms with Crippen molar-refractivity contribution in [2.45, 2.75) is 39.2 Å². The first-order chi connectivity index (χ1) is 7.81. The van der Waals surface area contributed by atoms with E-state index in [4.69, 9.17) is 0 Å². The maximum absolute atomic E-state index is 3.83. The van der Waals surface area contributed by atoms with Gasteiger partial charge < -0.3 is 5.32 Å². The van der Waals surface area contributed by atoms with Gasteiger partial charge >= 0.3 is 0 Å². The third-order valence-electron chi connectivity index (χ3n) is 2.74. The number of benzene rings is 1. The fourth-order valence-electron chi connectivity index (χ4n) is 2.00. The lowest BCUT2D eigenvalue weighted by atomic mass is 9.99. The van der Waals surface area contributed by atoms with Crippen LogP contribution >= 0.6 is 0 Å². The zero-order valence-electron chi connectivity index (χ0n) is 10.5. The van der Waals surface area contributed by atoms with Gasteiger partial charge in [0.15, 0.2) is 0 Å². The molecule has 1 heteroatoms. The largest absolute Gasteiger partial charge is 0.310 e. The van der Waals surface area contributed by atoms with Crippen LogP contribution in [0.15, 0.2) is 36.9 Å². The Balaban J connectivity index is 2.81. The van der Waals surface area contributed by atoms with Crippen molar-refractivity contribution in [3.8, 4) is 0 Å². The predicted molar refractivity (Wildman–Crippen MR) is 71.7 cm³/mol. The minimum atomic E-state index is 0.416. The van der Waals surface area contributed by atoms with Crippen LogP contribution in [-0.4, -0.2) is 6.54 Å². The first-order valence-corrected chi connectivity index (χ1v) is 6.24. The fourth-order valence-corrected chi connectivity index (χ4v) is 2.00. The minimum Gasteiger partial charge on any atom is -0.310 e. The van der Waals surface area contributed by atoms with Gasteiger partial charge in [-0.15, -0.1) is 6.58 Å². The summed E-state index contributed by atoms with van der Waals surface area (Å²) in [5.74, 6) is 0. The number of nitrogens with one attached hydrogen (secondary N) is 1. The Hall–Kier alpha value is -1.08. The van der Waals surface area contributed by atoms with Crippen molar-refractivity contribution in [1.82, 2.24) is 5.32 Å². The SMILES string of the molecule is C=CCC(NCC)c1cccc(CCC)c1. The van der Waals surface area contributed by atoms with Crippen molar-refractivity contribution >= 4 is 0 Å². The second-order valence-corrected chi connectivity index (χ2v) is 4.13. The molecule has 1 nitrogen and oxygen atoms in total. The molecule has 0 saturated carbocycles. The van der Waals surface area contributed by atoms with E-state index in [1.807, 2.05) is 6.08 Å². The second kappa shape index (κ2) is 7.24. The molecule has 1 aromatic rings. The molecule has 1 N–H and O–H groups in total. The van der Waals surface area contributed by atoms with Gasteiger partial charge in [-0.3, -0.25) is 0 Å². The molecule has 0 aliphatic carbocycles. The summed E-state index contributed by atoms with van der Waals surface area (Å²) < 4.78 is 0. The maximum Gasteiger partial charge on any atom is 0.0354 e. The Morgan fingerprint density at radius 3 is 2.81 bits per heavy atom. The smallest absolute Gasteiger partial charge is 0.0354 e. The molecule has 0 heterocycles. The summed E-state index contributed by atoms with van der Waals surface area (Å²) in [6.45, 7) is 9.19. The van der Waals surface area contributed by atoms with Crippen molar-refractivity contribution in [2.75, 3.05) is 6.54 Å². The van der Waals surface area contributed by atoms with E-state index in [1.54, 1.807) is 0 Å². The first-order valence-electron chi connectivity index (χ1n) is 6.24. The Labute approximate surface area is 99.6 Å². The van der Waals surface area contributed by atoms with Gasteiger partial charge in [0.05, 0.1) is 0 Å². The van der Waals surface area contributed by atoms with E-state index in [0.717, 1.165) is 13.0 Å². The van der Waals surface area contributed by atoms with Crippen LogP contribution in [0.1, 0.15) is 43.9 Å². The van der Waals surface area contributed by atoms with Crippen molar-refractivity contribution in [3.63, 3.8) is 0 Å². The molecule has 88 valence electrons. The summed E-state index contributed by atoms with van der Waals surface area (Å²) in [7, 11) is 0. The molecular formula is C15H23N. The average molecular weight is 217 g/mol. The lowest BCUT2D eigenvalue weighted by Crippen LogP contribution is -2.20. The summed E-state index contributed by atoms with van der Waals surface area (Å²) in [6, 6.07) is 9.31. The van der Waals surface area contributed by atoms with Gasteiger partial charge in [-0.25, -0.2) is 0 Å². The monoisotopic (exact) mass is 217 g/mol. The highest BCUT2D eigenvalue weighted by Gasteiger charge is 2.08. The molecule has 1 atom stereocenters. The van der Waals surface area contributed by atoms with Gasteiger partial charge in [0.2, 0.25) is 0 Å². The van der Waals surface area contributed by atoms with Gasteiger partial charge in [0.25, 0.3) is 0 Å². The third-order valence-corrected chi connectivity index (χ3v) is 2.74. The van der Waals surface area contributed by atoms with E-state index in [-0.39, 0.29) is 0 Å². The molecular weight excluding hydrogens is 194 g/mol. The summed E-state index contributed by atoms with van der Waals surface area (Å²) in [5, 5.41) is 3.50. The standard InChI is InChI=1S/C15H23N/c1-4-8-13-10-7-11-14(12-13)15(9-5-2)16-6-3/h5,7,10-12,15-16H,2,4,6,8-9H2,1,3H3. The molecule has 16 heavy (non-hydrogen) atoms. The fraction of sp³-hybridized carbons (Fsp3) is 0.467. The highest BCUT2D eigenvalue weighted by Crippen LogP contribution is 2.19. The Morgan fingerprint density at radius 1 is 1.38 bits per heavy atom. The topological polar surface area (TPSA) is 12.0 Å². The molecule has 0 aromatic heterocycles. The maximum atomic E-state index is 3.83. The van der Waals surface area contributed by atoms with Crippen LogP contribution in [0.2, 0.25) is 0 Å². The highest BCUT2D eigenvalue weighted by atomic mass is 14.9.